The highest BCUT2D eigenvalue weighted by molar-refractivity contribution is 7.99. The lowest BCUT2D eigenvalue weighted by Crippen LogP contribution is -2.29. The molecule has 0 aliphatic rings. The molecule has 0 saturated heterocycles. The number of halogens is 2. The first-order valence-corrected chi connectivity index (χ1v) is 9.08. The van der Waals surface area contributed by atoms with Crippen molar-refractivity contribution in [1.82, 2.24) is 29.2 Å². The summed E-state index contributed by atoms with van der Waals surface area (Å²) in [5.41, 5.74) is 2.04. The minimum Gasteiger partial charge on any atom is -0.338 e. The number of alkyl halides is 2. The fraction of sp³-hybridized carbons (Fsp3) is 0.294. The number of carbonyl (C=O) groups is 1. The number of aromatic nitrogens is 5. The maximum Gasteiger partial charge on any atom is 0.319 e. The molecule has 142 valence electrons. The third-order valence-corrected chi connectivity index (χ3v) is 4.84. The van der Waals surface area contributed by atoms with Crippen molar-refractivity contribution in [1.29, 1.82) is 0 Å². The normalized spacial score (nSPS) is 11.1. The smallest absolute Gasteiger partial charge is 0.319 e. The number of rotatable bonds is 7. The Kier molecular flexibility index (Phi) is 5.84. The van der Waals surface area contributed by atoms with Crippen molar-refractivity contribution in [3.63, 3.8) is 0 Å². The Morgan fingerprint density at radius 2 is 2.04 bits per heavy atom. The number of carbonyl (C=O) groups excluding carboxylic acids is 1. The molecule has 0 aliphatic carbocycles. The van der Waals surface area contributed by atoms with Crippen LogP contribution in [0.15, 0.2) is 48.1 Å². The van der Waals surface area contributed by atoms with Gasteiger partial charge in [-0.1, -0.05) is 29.5 Å². The van der Waals surface area contributed by atoms with Crippen LogP contribution in [0.1, 0.15) is 17.9 Å². The zero-order chi connectivity index (χ0) is 19.4. The van der Waals surface area contributed by atoms with Gasteiger partial charge in [-0.05, 0) is 19.1 Å². The summed E-state index contributed by atoms with van der Waals surface area (Å²) >= 11 is 1.24. The van der Waals surface area contributed by atoms with E-state index in [-0.39, 0.29) is 24.0 Å². The predicted octanol–water partition coefficient (Wildman–Crippen LogP) is 2.92. The zero-order valence-corrected chi connectivity index (χ0v) is 15.6. The van der Waals surface area contributed by atoms with Crippen LogP contribution in [-0.4, -0.2) is 47.9 Å². The second-order valence-electron chi connectivity index (χ2n) is 5.89. The van der Waals surface area contributed by atoms with Crippen molar-refractivity contribution in [2.24, 2.45) is 0 Å². The summed E-state index contributed by atoms with van der Waals surface area (Å²) in [7, 11) is 1.55. The molecule has 10 heteroatoms. The molecule has 0 N–H and O–H groups in total. The van der Waals surface area contributed by atoms with Gasteiger partial charge in [-0.25, -0.2) is 4.98 Å². The van der Waals surface area contributed by atoms with E-state index in [4.69, 9.17) is 0 Å². The van der Waals surface area contributed by atoms with Gasteiger partial charge < -0.3 is 4.90 Å². The van der Waals surface area contributed by atoms with Crippen LogP contribution >= 0.6 is 11.8 Å². The lowest BCUT2D eigenvalue weighted by molar-refractivity contribution is -0.127. The maximum atomic E-state index is 12.9. The van der Waals surface area contributed by atoms with Crippen molar-refractivity contribution in [3.8, 4) is 5.69 Å². The van der Waals surface area contributed by atoms with Crippen molar-refractivity contribution >= 4 is 17.7 Å². The number of aryl methyl sites for hydroxylation is 1. The Hall–Kier alpha value is -2.75. The van der Waals surface area contributed by atoms with Gasteiger partial charge in [0.15, 0.2) is 5.16 Å². The molecule has 0 unspecified atom stereocenters. The third kappa shape index (κ3) is 4.51. The Bertz CT molecular complexity index is 908. The molecule has 3 rings (SSSR count). The molecule has 3 aromatic rings. The highest BCUT2D eigenvalue weighted by Gasteiger charge is 2.17. The molecule has 0 fully saturated rings. The van der Waals surface area contributed by atoms with E-state index in [1.807, 2.05) is 31.2 Å². The Balaban J connectivity index is 1.62. The van der Waals surface area contributed by atoms with Gasteiger partial charge in [0.05, 0.1) is 12.3 Å². The maximum absolute atomic E-state index is 12.9. The van der Waals surface area contributed by atoms with Crippen LogP contribution in [0.25, 0.3) is 5.69 Å². The summed E-state index contributed by atoms with van der Waals surface area (Å²) in [5.74, 6) is 0.0205. The molecule has 27 heavy (non-hydrogen) atoms. The van der Waals surface area contributed by atoms with Crippen LogP contribution in [0.4, 0.5) is 8.78 Å². The summed E-state index contributed by atoms with van der Waals surface area (Å²) in [6.45, 7) is -0.686. The summed E-state index contributed by atoms with van der Waals surface area (Å²) in [4.78, 5) is 17.6. The molecule has 0 atom stereocenters. The summed E-state index contributed by atoms with van der Waals surface area (Å²) in [5, 5.41) is 8.53. The van der Waals surface area contributed by atoms with E-state index >= 15 is 0 Å². The van der Waals surface area contributed by atoms with E-state index in [9.17, 15) is 13.6 Å². The molecule has 1 amide bonds. The van der Waals surface area contributed by atoms with E-state index < -0.39 is 6.55 Å². The fourth-order valence-corrected chi connectivity index (χ4v) is 3.26. The van der Waals surface area contributed by atoms with E-state index in [1.165, 1.54) is 29.1 Å². The number of amides is 1. The van der Waals surface area contributed by atoms with Crippen molar-refractivity contribution in [2.45, 2.75) is 25.2 Å². The molecule has 0 saturated carbocycles. The predicted molar refractivity (Wildman–Crippen MR) is 96.8 cm³/mol. The van der Waals surface area contributed by atoms with Crippen LogP contribution in [-0.2, 0) is 11.3 Å². The van der Waals surface area contributed by atoms with Crippen LogP contribution < -0.4 is 0 Å². The SMILES string of the molecule is Cc1ccc(-n2cnnc2SCC(=O)N(C)Cc2nccn2C(F)F)cc1. The number of imidazole rings is 1. The third-order valence-electron chi connectivity index (χ3n) is 3.92. The molecular weight excluding hydrogens is 374 g/mol. The van der Waals surface area contributed by atoms with Gasteiger partial charge in [-0.15, -0.1) is 10.2 Å². The second-order valence-corrected chi connectivity index (χ2v) is 6.83. The number of hydrogen-bond acceptors (Lipinski definition) is 5. The summed E-state index contributed by atoms with van der Waals surface area (Å²) in [6, 6.07) is 7.85. The largest absolute Gasteiger partial charge is 0.338 e. The lowest BCUT2D eigenvalue weighted by Gasteiger charge is -2.17. The molecule has 0 bridgehead atoms. The number of benzene rings is 1. The lowest BCUT2D eigenvalue weighted by atomic mass is 10.2. The average molecular weight is 392 g/mol. The molecule has 0 aliphatic heterocycles. The van der Waals surface area contributed by atoms with Gasteiger partial charge in [-0.2, -0.15) is 8.78 Å². The Labute approximate surface area is 159 Å². The summed E-state index contributed by atoms with van der Waals surface area (Å²) < 4.78 is 28.3. The first kappa shape index (κ1) is 19.0. The molecule has 0 spiro atoms. The number of thioether (sulfide) groups is 1. The van der Waals surface area contributed by atoms with Gasteiger partial charge in [0.1, 0.15) is 12.2 Å². The van der Waals surface area contributed by atoms with Gasteiger partial charge >= 0.3 is 6.55 Å². The monoisotopic (exact) mass is 392 g/mol. The Morgan fingerprint density at radius 3 is 2.74 bits per heavy atom. The molecule has 0 radical (unpaired) electrons. The molecule has 2 heterocycles. The number of nitrogens with zero attached hydrogens (tertiary/aromatic N) is 6. The van der Waals surface area contributed by atoms with Crippen LogP contribution in [0.5, 0.6) is 0 Å². The van der Waals surface area contributed by atoms with Gasteiger partial charge in [0, 0.05) is 25.1 Å². The molecule has 7 nitrogen and oxygen atoms in total. The van der Waals surface area contributed by atoms with Gasteiger partial charge in [-0.3, -0.25) is 13.9 Å². The summed E-state index contributed by atoms with van der Waals surface area (Å²) in [6.07, 6.45) is 4.07. The molecule has 2 aromatic heterocycles. The van der Waals surface area contributed by atoms with E-state index in [1.54, 1.807) is 17.9 Å². The highest BCUT2D eigenvalue weighted by Crippen LogP contribution is 2.20. The van der Waals surface area contributed by atoms with E-state index in [2.05, 4.69) is 15.2 Å². The number of hydrogen-bond donors (Lipinski definition) is 0. The second kappa shape index (κ2) is 8.30. The van der Waals surface area contributed by atoms with Crippen LogP contribution in [0.2, 0.25) is 0 Å². The van der Waals surface area contributed by atoms with E-state index in [0.717, 1.165) is 15.8 Å². The van der Waals surface area contributed by atoms with Crippen molar-refractivity contribution in [2.75, 3.05) is 12.8 Å². The van der Waals surface area contributed by atoms with Crippen LogP contribution in [0.3, 0.4) is 0 Å². The highest BCUT2D eigenvalue weighted by atomic mass is 32.2. The van der Waals surface area contributed by atoms with Crippen molar-refractivity contribution < 1.29 is 13.6 Å². The minimum atomic E-state index is -2.69. The first-order valence-electron chi connectivity index (χ1n) is 8.09. The average Bonchev–Trinajstić information content (AvgIpc) is 3.29. The van der Waals surface area contributed by atoms with Crippen molar-refractivity contribution in [3.05, 3.63) is 54.4 Å². The topological polar surface area (TPSA) is 68.8 Å². The minimum absolute atomic E-state index is 0.00137. The standard InChI is InChI=1S/C17H18F2N6OS/c1-12-3-5-13(6-4-12)25-11-21-22-17(25)27-10-15(26)23(2)9-14-20-7-8-24(14)16(18)19/h3-8,11,16H,9-10H2,1-2H3. The fourth-order valence-electron chi connectivity index (χ4n) is 2.39. The van der Waals surface area contributed by atoms with Crippen LogP contribution in [0, 0.1) is 6.92 Å². The first-order chi connectivity index (χ1) is 13.0. The zero-order valence-electron chi connectivity index (χ0n) is 14.8. The van der Waals surface area contributed by atoms with Gasteiger partial charge in [0.25, 0.3) is 0 Å². The quantitative estimate of drug-likeness (QED) is 0.579. The van der Waals surface area contributed by atoms with Gasteiger partial charge in [0.2, 0.25) is 5.91 Å². The Morgan fingerprint density at radius 1 is 1.30 bits per heavy atom. The molecular formula is C17H18F2N6OS. The molecule has 1 aromatic carbocycles. The van der Waals surface area contributed by atoms with E-state index in [0.29, 0.717) is 5.16 Å².